The lowest BCUT2D eigenvalue weighted by molar-refractivity contribution is 0.414. The third-order valence-electron chi connectivity index (χ3n) is 2.53. The molecule has 0 spiro atoms. The van der Waals surface area contributed by atoms with E-state index in [1.807, 2.05) is 24.3 Å². The summed E-state index contributed by atoms with van der Waals surface area (Å²) in [4.78, 5) is 0. The number of rotatable bonds is 4. The summed E-state index contributed by atoms with van der Waals surface area (Å²) in [6.45, 7) is 0. The van der Waals surface area contributed by atoms with Crippen molar-refractivity contribution in [2.24, 2.45) is 0 Å². The van der Waals surface area contributed by atoms with E-state index in [2.05, 4.69) is 5.32 Å². The SMILES string of the molecule is COc1ccc(Nc2cc(F)ccc2OC)cc1. The van der Waals surface area contributed by atoms with Crippen molar-refractivity contribution in [3.63, 3.8) is 0 Å². The van der Waals surface area contributed by atoms with E-state index >= 15 is 0 Å². The molecule has 3 nitrogen and oxygen atoms in total. The third-order valence-corrected chi connectivity index (χ3v) is 2.53. The van der Waals surface area contributed by atoms with Gasteiger partial charge in [0.25, 0.3) is 0 Å². The molecule has 0 aliphatic carbocycles. The van der Waals surface area contributed by atoms with E-state index in [4.69, 9.17) is 9.47 Å². The van der Waals surface area contributed by atoms with E-state index in [0.717, 1.165) is 11.4 Å². The summed E-state index contributed by atoms with van der Waals surface area (Å²) in [5.41, 5.74) is 1.42. The molecule has 1 N–H and O–H groups in total. The number of ether oxygens (including phenoxy) is 2. The molecule has 0 aromatic heterocycles. The highest BCUT2D eigenvalue weighted by molar-refractivity contribution is 5.66. The quantitative estimate of drug-likeness (QED) is 0.895. The molecule has 2 aromatic carbocycles. The first kappa shape index (κ1) is 12.2. The van der Waals surface area contributed by atoms with Crippen LogP contribution in [0.4, 0.5) is 15.8 Å². The molecular weight excluding hydrogens is 233 g/mol. The number of hydrogen-bond acceptors (Lipinski definition) is 3. The van der Waals surface area contributed by atoms with Crippen LogP contribution in [0.2, 0.25) is 0 Å². The van der Waals surface area contributed by atoms with Crippen molar-refractivity contribution in [1.82, 2.24) is 0 Å². The maximum Gasteiger partial charge on any atom is 0.142 e. The summed E-state index contributed by atoms with van der Waals surface area (Å²) in [6.07, 6.45) is 0. The van der Waals surface area contributed by atoms with Crippen LogP contribution in [0, 0.1) is 5.82 Å². The Balaban J connectivity index is 2.24. The molecule has 0 unspecified atom stereocenters. The van der Waals surface area contributed by atoms with Crippen molar-refractivity contribution in [3.05, 3.63) is 48.3 Å². The number of halogens is 1. The second kappa shape index (κ2) is 5.40. The van der Waals surface area contributed by atoms with Gasteiger partial charge in [-0.2, -0.15) is 0 Å². The van der Waals surface area contributed by atoms with Gasteiger partial charge in [-0.25, -0.2) is 4.39 Å². The average Bonchev–Trinajstić information content (AvgIpc) is 2.40. The molecule has 18 heavy (non-hydrogen) atoms. The van der Waals surface area contributed by atoms with Crippen LogP contribution in [0.1, 0.15) is 0 Å². The summed E-state index contributed by atoms with van der Waals surface area (Å²) in [5, 5.41) is 3.10. The van der Waals surface area contributed by atoms with E-state index in [9.17, 15) is 4.39 Å². The minimum atomic E-state index is -0.313. The van der Waals surface area contributed by atoms with Crippen LogP contribution in [-0.2, 0) is 0 Å². The monoisotopic (exact) mass is 247 g/mol. The zero-order chi connectivity index (χ0) is 13.0. The van der Waals surface area contributed by atoms with Crippen molar-refractivity contribution in [1.29, 1.82) is 0 Å². The number of methoxy groups -OCH3 is 2. The first-order valence-corrected chi connectivity index (χ1v) is 5.47. The topological polar surface area (TPSA) is 30.5 Å². The van der Waals surface area contributed by atoms with Gasteiger partial charge < -0.3 is 14.8 Å². The van der Waals surface area contributed by atoms with Gasteiger partial charge in [-0.3, -0.25) is 0 Å². The lowest BCUT2D eigenvalue weighted by Crippen LogP contribution is -1.95. The Morgan fingerprint density at radius 3 is 2.28 bits per heavy atom. The van der Waals surface area contributed by atoms with Gasteiger partial charge in [0.2, 0.25) is 0 Å². The highest BCUT2D eigenvalue weighted by Crippen LogP contribution is 2.28. The molecule has 0 aliphatic rings. The summed E-state index contributed by atoms with van der Waals surface area (Å²) >= 11 is 0. The van der Waals surface area contributed by atoms with Gasteiger partial charge >= 0.3 is 0 Å². The zero-order valence-electron chi connectivity index (χ0n) is 10.2. The van der Waals surface area contributed by atoms with Crippen molar-refractivity contribution in [2.45, 2.75) is 0 Å². The van der Waals surface area contributed by atoms with Crippen molar-refractivity contribution < 1.29 is 13.9 Å². The van der Waals surface area contributed by atoms with Crippen LogP contribution in [0.5, 0.6) is 11.5 Å². The zero-order valence-corrected chi connectivity index (χ0v) is 10.2. The second-order valence-electron chi connectivity index (χ2n) is 3.70. The number of benzene rings is 2. The van der Waals surface area contributed by atoms with Gasteiger partial charge in [0.05, 0.1) is 19.9 Å². The Kier molecular flexibility index (Phi) is 3.67. The second-order valence-corrected chi connectivity index (χ2v) is 3.70. The average molecular weight is 247 g/mol. The van der Waals surface area contributed by atoms with E-state index in [1.165, 1.54) is 12.1 Å². The summed E-state index contributed by atoms with van der Waals surface area (Å²) in [6, 6.07) is 11.7. The van der Waals surface area contributed by atoms with E-state index < -0.39 is 0 Å². The smallest absolute Gasteiger partial charge is 0.142 e. The summed E-state index contributed by atoms with van der Waals surface area (Å²) in [5.74, 6) is 1.05. The summed E-state index contributed by atoms with van der Waals surface area (Å²) in [7, 11) is 3.16. The lowest BCUT2D eigenvalue weighted by Gasteiger charge is -2.11. The van der Waals surface area contributed by atoms with E-state index in [1.54, 1.807) is 20.3 Å². The molecule has 2 rings (SSSR count). The molecule has 2 aromatic rings. The number of anilines is 2. The van der Waals surface area contributed by atoms with Gasteiger partial charge in [-0.15, -0.1) is 0 Å². The first-order valence-electron chi connectivity index (χ1n) is 5.47. The Hall–Kier alpha value is -2.23. The van der Waals surface area contributed by atoms with Crippen LogP contribution in [0.15, 0.2) is 42.5 Å². The molecule has 0 saturated carbocycles. The fourth-order valence-electron chi connectivity index (χ4n) is 1.61. The van der Waals surface area contributed by atoms with Crippen LogP contribution in [0.3, 0.4) is 0 Å². The predicted molar refractivity (Wildman–Crippen MR) is 69.2 cm³/mol. The van der Waals surface area contributed by atoms with Gasteiger partial charge in [0.15, 0.2) is 0 Å². The van der Waals surface area contributed by atoms with Gasteiger partial charge in [-0.05, 0) is 36.4 Å². The fourth-order valence-corrected chi connectivity index (χ4v) is 1.61. The van der Waals surface area contributed by atoms with Crippen LogP contribution < -0.4 is 14.8 Å². The molecule has 0 aliphatic heterocycles. The summed E-state index contributed by atoms with van der Waals surface area (Å²) < 4.78 is 23.4. The largest absolute Gasteiger partial charge is 0.497 e. The molecule has 4 heteroatoms. The Labute approximate surface area is 105 Å². The maximum absolute atomic E-state index is 13.2. The molecule has 0 radical (unpaired) electrons. The third kappa shape index (κ3) is 2.71. The predicted octanol–water partition coefficient (Wildman–Crippen LogP) is 3.59. The minimum absolute atomic E-state index is 0.313. The lowest BCUT2D eigenvalue weighted by atomic mass is 10.2. The molecule has 0 heterocycles. The number of hydrogen-bond donors (Lipinski definition) is 1. The normalized spacial score (nSPS) is 9.94. The molecule has 0 bridgehead atoms. The van der Waals surface area contributed by atoms with Crippen molar-refractivity contribution >= 4 is 11.4 Å². The van der Waals surface area contributed by atoms with Crippen molar-refractivity contribution in [3.8, 4) is 11.5 Å². The molecular formula is C14H14FNO2. The maximum atomic E-state index is 13.2. The molecule has 0 fully saturated rings. The molecule has 0 amide bonds. The molecule has 0 saturated heterocycles. The van der Waals surface area contributed by atoms with Crippen LogP contribution in [0.25, 0.3) is 0 Å². The van der Waals surface area contributed by atoms with Gasteiger partial charge in [-0.1, -0.05) is 0 Å². The first-order chi connectivity index (χ1) is 8.72. The molecule has 94 valence electrons. The van der Waals surface area contributed by atoms with Crippen molar-refractivity contribution in [2.75, 3.05) is 19.5 Å². The Bertz CT molecular complexity index is 526. The number of nitrogens with one attached hydrogen (secondary N) is 1. The van der Waals surface area contributed by atoms with Gasteiger partial charge in [0, 0.05) is 11.8 Å². The van der Waals surface area contributed by atoms with E-state index in [-0.39, 0.29) is 5.82 Å². The highest BCUT2D eigenvalue weighted by Gasteiger charge is 2.04. The van der Waals surface area contributed by atoms with Crippen LogP contribution in [-0.4, -0.2) is 14.2 Å². The highest BCUT2D eigenvalue weighted by atomic mass is 19.1. The van der Waals surface area contributed by atoms with Crippen LogP contribution >= 0.6 is 0 Å². The standard InChI is InChI=1S/C14H14FNO2/c1-17-12-6-4-11(5-7-12)16-13-9-10(15)3-8-14(13)18-2/h3-9,16H,1-2H3. The minimum Gasteiger partial charge on any atom is -0.497 e. The Morgan fingerprint density at radius 2 is 1.67 bits per heavy atom. The van der Waals surface area contributed by atoms with E-state index in [0.29, 0.717) is 11.4 Å². The fraction of sp³-hybridized carbons (Fsp3) is 0.143. The Morgan fingerprint density at radius 1 is 0.944 bits per heavy atom. The molecule has 0 atom stereocenters. The van der Waals surface area contributed by atoms with Gasteiger partial charge in [0.1, 0.15) is 17.3 Å².